The zero-order chi connectivity index (χ0) is 19.7. The molecule has 0 radical (unpaired) electrons. The molecule has 1 aliphatic heterocycles. The van der Waals surface area contributed by atoms with E-state index in [1.165, 1.54) is 23.3 Å². The predicted molar refractivity (Wildman–Crippen MR) is 109 cm³/mol. The third-order valence-electron chi connectivity index (χ3n) is 5.89. The van der Waals surface area contributed by atoms with Gasteiger partial charge in [-0.3, -0.25) is 9.69 Å². The summed E-state index contributed by atoms with van der Waals surface area (Å²) >= 11 is 5.99. The number of nitrogens with zero attached hydrogens (tertiary/aromatic N) is 2. The van der Waals surface area contributed by atoms with Crippen molar-refractivity contribution in [1.29, 1.82) is 0 Å². The summed E-state index contributed by atoms with van der Waals surface area (Å²) in [6, 6.07) is 12.8. The van der Waals surface area contributed by atoms with Crippen LogP contribution >= 0.6 is 11.6 Å². The third kappa shape index (κ3) is 3.66. The van der Waals surface area contributed by atoms with E-state index in [1.54, 1.807) is 18.0 Å². The highest BCUT2D eigenvalue weighted by Gasteiger charge is 2.49. The van der Waals surface area contributed by atoms with Crippen LogP contribution in [0.25, 0.3) is 0 Å². The lowest BCUT2D eigenvalue weighted by atomic mass is 9.90. The van der Waals surface area contributed by atoms with Crippen LogP contribution in [0.4, 0.5) is 4.39 Å². The molecule has 0 atom stereocenters. The molecule has 1 amide bonds. The van der Waals surface area contributed by atoms with Crippen LogP contribution in [0.15, 0.2) is 42.5 Å². The fourth-order valence-corrected chi connectivity index (χ4v) is 4.85. The maximum atomic E-state index is 13.7. The molecule has 1 aliphatic carbocycles. The van der Waals surface area contributed by atoms with Crippen molar-refractivity contribution in [2.75, 3.05) is 33.2 Å². The number of carbonyl (C=O) groups excluding carboxylic acids is 1. The lowest BCUT2D eigenvalue weighted by molar-refractivity contribution is -0.144. The molecule has 28 heavy (non-hydrogen) atoms. The van der Waals surface area contributed by atoms with Gasteiger partial charge >= 0.3 is 0 Å². The van der Waals surface area contributed by atoms with Crippen LogP contribution < -0.4 is 5.32 Å². The summed E-state index contributed by atoms with van der Waals surface area (Å²) in [6.45, 7) is 3.79. The fraction of sp³-hybridized carbons (Fsp3) is 0.409. The molecule has 2 aliphatic rings. The Kier molecular flexibility index (Phi) is 5.41. The van der Waals surface area contributed by atoms with Gasteiger partial charge in [-0.25, -0.2) is 4.39 Å². The molecule has 1 N–H and O–H groups in total. The minimum atomic E-state index is -0.572. The van der Waals surface area contributed by atoms with E-state index < -0.39 is 5.54 Å². The summed E-state index contributed by atoms with van der Waals surface area (Å²) in [6.07, 6.45) is 1.44. The van der Waals surface area contributed by atoms with Gasteiger partial charge in [0.1, 0.15) is 11.4 Å². The van der Waals surface area contributed by atoms with Crippen molar-refractivity contribution in [2.24, 2.45) is 0 Å². The maximum absolute atomic E-state index is 13.7. The van der Waals surface area contributed by atoms with Gasteiger partial charge in [-0.05, 0) is 34.9 Å². The molecule has 0 spiro atoms. The molecular weight excluding hydrogens is 377 g/mol. The molecule has 4 nitrogen and oxygen atoms in total. The lowest BCUT2D eigenvalue weighted by Gasteiger charge is -2.44. The van der Waals surface area contributed by atoms with Gasteiger partial charge in [0.2, 0.25) is 5.91 Å². The zero-order valence-electron chi connectivity index (χ0n) is 16.0. The molecule has 0 aromatic heterocycles. The normalized spacial score (nSPS) is 18.7. The number of rotatable bonds is 4. The summed E-state index contributed by atoms with van der Waals surface area (Å²) in [5, 5.41) is 3.72. The molecule has 1 fully saturated rings. The molecular formula is C22H25ClFN3O. The predicted octanol–water partition coefficient (Wildman–Crippen LogP) is 2.88. The first-order valence-corrected chi connectivity index (χ1v) is 10.1. The zero-order valence-corrected chi connectivity index (χ0v) is 16.8. The van der Waals surface area contributed by atoms with Gasteiger partial charge in [-0.15, -0.1) is 0 Å². The molecule has 2 aromatic rings. The standard InChI is InChI=1S/C22H25ClFN3O/c1-26(15-16-10-19(23)12-20(24)11-16)21(28)22(27-8-6-25-7-9-27)13-17-4-2-3-5-18(17)14-22/h2-5,10-12,25H,6-9,13-15H2,1H3. The highest BCUT2D eigenvalue weighted by atomic mass is 35.5. The van der Waals surface area contributed by atoms with E-state index in [-0.39, 0.29) is 11.7 Å². The first-order valence-electron chi connectivity index (χ1n) is 9.71. The van der Waals surface area contributed by atoms with E-state index >= 15 is 0 Å². The van der Waals surface area contributed by atoms with Gasteiger partial charge in [0.15, 0.2) is 0 Å². The van der Waals surface area contributed by atoms with Gasteiger partial charge in [0.05, 0.1) is 0 Å². The number of carbonyl (C=O) groups is 1. The van der Waals surface area contributed by atoms with Gasteiger partial charge in [-0.1, -0.05) is 35.9 Å². The first-order chi connectivity index (χ1) is 13.5. The van der Waals surface area contributed by atoms with Crippen LogP contribution in [0.5, 0.6) is 0 Å². The second kappa shape index (κ2) is 7.82. The number of nitrogens with one attached hydrogen (secondary N) is 1. The number of amides is 1. The van der Waals surface area contributed by atoms with Crippen LogP contribution in [-0.2, 0) is 24.2 Å². The van der Waals surface area contributed by atoms with Gasteiger partial charge in [-0.2, -0.15) is 0 Å². The van der Waals surface area contributed by atoms with Gasteiger partial charge in [0, 0.05) is 57.6 Å². The average molecular weight is 402 g/mol. The third-order valence-corrected chi connectivity index (χ3v) is 6.11. The Morgan fingerprint density at radius 1 is 1.18 bits per heavy atom. The van der Waals surface area contributed by atoms with E-state index in [0.717, 1.165) is 39.0 Å². The summed E-state index contributed by atoms with van der Waals surface area (Å²) in [4.78, 5) is 17.8. The van der Waals surface area contributed by atoms with Crippen molar-refractivity contribution >= 4 is 17.5 Å². The second-order valence-corrected chi connectivity index (χ2v) is 8.27. The largest absolute Gasteiger partial charge is 0.340 e. The Balaban J connectivity index is 1.62. The molecule has 6 heteroatoms. The Morgan fingerprint density at radius 2 is 1.82 bits per heavy atom. The smallest absolute Gasteiger partial charge is 0.243 e. The number of hydrogen-bond donors (Lipinski definition) is 1. The van der Waals surface area contributed by atoms with Gasteiger partial charge < -0.3 is 10.2 Å². The molecule has 0 saturated carbocycles. The van der Waals surface area contributed by atoms with Crippen LogP contribution in [0.3, 0.4) is 0 Å². The topological polar surface area (TPSA) is 35.6 Å². The van der Waals surface area contributed by atoms with E-state index in [4.69, 9.17) is 11.6 Å². The number of fused-ring (bicyclic) bond motifs is 1. The summed E-state index contributed by atoms with van der Waals surface area (Å²) in [5.41, 5.74) is 2.62. The van der Waals surface area contributed by atoms with Crippen molar-refractivity contribution in [2.45, 2.75) is 24.9 Å². The van der Waals surface area contributed by atoms with Crippen molar-refractivity contribution in [1.82, 2.24) is 15.1 Å². The molecule has 1 heterocycles. The molecule has 148 valence electrons. The van der Waals surface area contributed by atoms with E-state index in [9.17, 15) is 9.18 Å². The molecule has 1 saturated heterocycles. The Labute approximate surface area is 170 Å². The minimum absolute atomic E-state index is 0.0889. The van der Waals surface area contributed by atoms with Crippen LogP contribution in [0.2, 0.25) is 5.02 Å². The van der Waals surface area contributed by atoms with Crippen molar-refractivity contribution in [3.63, 3.8) is 0 Å². The monoisotopic (exact) mass is 401 g/mol. The Hall–Kier alpha value is -1.95. The SMILES string of the molecule is CN(Cc1cc(F)cc(Cl)c1)C(=O)C1(N2CCNCC2)Cc2ccccc2C1. The highest BCUT2D eigenvalue weighted by molar-refractivity contribution is 6.30. The Morgan fingerprint density at radius 3 is 2.43 bits per heavy atom. The van der Waals surface area contributed by atoms with E-state index in [2.05, 4.69) is 22.3 Å². The lowest BCUT2D eigenvalue weighted by Crippen LogP contribution is -2.63. The number of piperazine rings is 1. The van der Waals surface area contributed by atoms with Gasteiger partial charge in [0.25, 0.3) is 0 Å². The van der Waals surface area contributed by atoms with Crippen molar-refractivity contribution in [3.05, 3.63) is 70.0 Å². The number of likely N-dealkylation sites (N-methyl/N-ethyl adjacent to an activating group) is 1. The maximum Gasteiger partial charge on any atom is 0.243 e. The van der Waals surface area contributed by atoms with Crippen molar-refractivity contribution < 1.29 is 9.18 Å². The minimum Gasteiger partial charge on any atom is -0.340 e. The highest BCUT2D eigenvalue weighted by Crippen LogP contribution is 2.36. The van der Waals surface area contributed by atoms with Crippen LogP contribution in [0, 0.1) is 5.82 Å². The Bertz CT molecular complexity index is 837. The fourth-order valence-electron chi connectivity index (χ4n) is 4.60. The first kappa shape index (κ1) is 19.4. The average Bonchev–Trinajstić information content (AvgIpc) is 3.08. The van der Waals surface area contributed by atoms with Crippen molar-refractivity contribution in [3.8, 4) is 0 Å². The van der Waals surface area contributed by atoms with E-state index in [1.807, 2.05) is 12.1 Å². The van der Waals surface area contributed by atoms with Crippen LogP contribution in [-0.4, -0.2) is 54.5 Å². The molecule has 4 rings (SSSR count). The molecule has 0 unspecified atom stereocenters. The number of benzene rings is 2. The van der Waals surface area contributed by atoms with Crippen LogP contribution in [0.1, 0.15) is 16.7 Å². The second-order valence-electron chi connectivity index (χ2n) is 7.83. The summed E-state index contributed by atoms with van der Waals surface area (Å²) < 4.78 is 13.7. The summed E-state index contributed by atoms with van der Waals surface area (Å²) in [7, 11) is 1.80. The quantitative estimate of drug-likeness (QED) is 0.855. The number of hydrogen-bond acceptors (Lipinski definition) is 3. The molecule has 0 bridgehead atoms. The van der Waals surface area contributed by atoms with E-state index in [0.29, 0.717) is 17.1 Å². The molecule has 2 aromatic carbocycles. The number of halogens is 2. The summed E-state index contributed by atoms with van der Waals surface area (Å²) in [5.74, 6) is -0.292.